The van der Waals surface area contributed by atoms with Gasteiger partial charge in [-0.05, 0) is 6.42 Å². The largest absolute Gasteiger partial charge is 0.333 e. The molecule has 0 spiro atoms. The molecule has 0 aromatic heterocycles. The van der Waals surface area contributed by atoms with Gasteiger partial charge in [0.05, 0.1) is 0 Å². The summed E-state index contributed by atoms with van der Waals surface area (Å²) in [6.07, 6.45) is 6.10. The summed E-state index contributed by atoms with van der Waals surface area (Å²) in [7, 11) is -3.98. The van der Waals surface area contributed by atoms with Crippen LogP contribution in [0.5, 0.6) is 0 Å². The molecular formula is C8H18NO3S. The maximum absolute atomic E-state index is 10.2. The minimum atomic E-state index is -3.98. The average molecular weight is 208 g/mol. The van der Waals surface area contributed by atoms with Crippen LogP contribution in [0.15, 0.2) is 0 Å². The van der Waals surface area contributed by atoms with E-state index in [0.29, 0.717) is 6.54 Å². The van der Waals surface area contributed by atoms with Gasteiger partial charge in [-0.2, -0.15) is 13.1 Å². The van der Waals surface area contributed by atoms with Crippen molar-refractivity contribution in [2.45, 2.75) is 38.5 Å². The molecule has 0 unspecified atom stereocenters. The number of hydrogen-bond acceptors (Lipinski definition) is 2. The fourth-order valence-corrected chi connectivity index (χ4v) is 1.44. The summed E-state index contributed by atoms with van der Waals surface area (Å²) in [5.74, 6) is 0. The van der Waals surface area contributed by atoms with Crippen LogP contribution >= 0.6 is 0 Å². The van der Waals surface area contributed by atoms with Gasteiger partial charge < -0.3 is 0 Å². The van der Waals surface area contributed by atoms with Crippen LogP contribution < -0.4 is 4.72 Å². The molecule has 0 aliphatic heterocycles. The van der Waals surface area contributed by atoms with Crippen LogP contribution in [-0.4, -0.2) is 19.5 Å². The summed E-state index contributed by atoms with van der Waals surface area (Å²) in [5.41, 5.74) is 0. The van der Waals surface area contributed by atoms with E-state index in [9.17, 15) is 8.42 Å². The highest BCUT2D eigenvalue weighted by Gasteiger charge is 2.00. The minimum absolute atomic E-state index is 0.323. The van der Waals surface area contributed by atoms with E-state index in [2.05, 4.69) is 6.92 Å². The fraction of sp³-hybridized carbons (Fsp3) is 0.875. The lowest BCUT2D eigenvalue weighted by Crippen LogP contribution is -2.23. The Kier molecular flexibility index (Phi) is 7.22. The van der Waals surface area contributed by atoms with E-state index in [-0.39, 0.29) is 0 Å². The van der Waals surface area contributed by atoms with E-state index in [0.717, 1.165) is 38.5 Å². The smallest absolute Gasteiger partial charge is 0.273 e. The minimum Gasteiger partial charge on any atom is -0.273 e. The summed E-state index contributed by atoms with van der Waals surface area (Å²) >= 11 is 0. The van der Waals surface area contributed by atoms with E-state index in [1.165, 1.54) is 0 Å². The van der Waals surface area contributed by atoms with Gasteiger partial charge in [0.2, 0.25) is 0 Å². The first-order chi connectivity index (χ1) is 6.06. The summed E-state index contributed by atoms with van der Waals surface area (Å²) in [6, 6.07) is 0. The second kappa shape index (κ2) is 7.29. The van der Waals surface area contributed by atoms with Gasteiger partial charge in [0.15, 0.2) is 0 Å². The molecule has 0 rings (SSSR count). The Morgan fingerprint density at radius 1 is 1.08 bits per heavy atom. The first-order valence-corrected chi connectivity index (χ1v) is 6.01. The van der Waals surface area contributed by atoms with Gasteiger partial charge >= 0.3 is 10.3 Å². The first kappa shape index (κ1) is 12.9. The molecular weight excluding hydrogens is 190 g/mol. The molecule has 4 nitrogen and oxygen atoms in total. The molecule has 0 atom stereocenters. The predicted octanol–water partition coefficient (Wildman–Crippen LogP) is 1.55. The molecule has 0 aliphatic rings. The Morgan fingerprint density at radius 3 is 2.15 bits per heavy atom. The molecule has 0 fully saturated rings. The molecule has 0 aliphatic carbocycles. The van der Waals surface area contributed by atoms with Crippen molar-refractivity contribution in [1.82, 2.24) is 4.72 Å². The molecule has 1 radical (unpaired) electrons. The lowest BCUT2D eigenvalue weighted by Gasteiger charge is -2.00. The number of hydrogen-bond donors (Lipinski definition) is 2. The Balaban J connectivity index is 3.09. The van der Waals surface area contributed by atoms with Gasteiger partial charge in [0.1, 0.15) is 0 Å². The Bertz CT molecular complexity index is 201. The molecule has 0 aromatic carbocycles. The SMILES string of the molecule is [CH2]CCCCCCCNS(=O)(=O)O. The van der Waals surface area contributed by atoms with Crippen molar-refractivity contribution < 1.29 is 13.0 Å². The Morgan fingerprint density at radius 2 is 1.62 bits per heavy atom. The van der Waals surface area contributed by atoms with Gasteiger partial charge in [0, 0.05) is 6.54 Å². The lowest BCUT2D eigenvalue weighted by atomic mass is 10.1. The maximum atomic E-state index is 10.2. The van der Waals surface area contributed by atoms with Crippen molar-refractivity contribution in [1.29, 1.82) is 0 Å². The molecule has 79 valence electrons. The lowest BCUT2D eigenvalue weighted by molar-refractivity contribution is 0.465. The number of rotatable bonds is 8. The first-order valence-electron chi connectivity index (χ1n) is 4.57. The van der Waals surface area contributed by atoms with Crippen molar-refractivity contribution in [3.8, 4) is 0 Å². The zero-order valence-electron chi connectivity index (χ0n) is 7.83. The molecule has 0 bridgehead atoms. The highest BCUT2D eigenvalue weighted by atomic mass is 32.2. The van der Waals surface area contributed by atoms with Crippen molar-refractivity contribution in [3.05, 3.63) is 6.92 Å². The molecule has 13 heavy (non-hydrogen) atoms. The van der Waals surface area contributed by atoms with Crippen molar-refractivity contribution in [2.24, 2.45) is 0 Å². The van der Waals surface area contributed by atoms with E-state index in [1.54, 1.807) is 0 Å². The highest BCUT2D eigenvalue weighted by molar-refractivity contribution is 7.83. The number of unbranched alkanes of at least 4 members (excludes halogenated alkanes) is 5. The highest BCUT2D eigenvalue weighted by Crippen LogP contribution is 2.03. The standard InChI is InChI=1S/C8H18NO3S/c1-2-3-4-5-6-7-8-9-13(10,11)12/h9H,1-8H2,(H,10,11,12). The molecule has 0 aromatic rings. The van der Waals surface area contributed by atoms with E-state index in [4.69, 9.17) is 4.55 Å². The molecule has 0 heterocycles. The van der Waals surface area contributed by atoms with Gasteiger partial charge in [-0.1, -0.05) is 39.0 Å². The summed E-state index contributed by atoms with van der Waals surface area (Å²) < 4.78 is 30.7. The molecule has 0 saturated carbocycles. The van der Waals surface area contributed by atoms with Crippen molar-refractivity contribution in [3.63, 3.8) is 0 Å². The molecule has 5 heteroatoms. The second-order valence-corrected chi connectivity index (χ2v) is 4.23. The maximum Gasteiger partial charge on any atom is 0.333 e. The molecule has 0 amide bonds. The van der Waals surface area contributed by atoms with Crippen LogP contribution in [0.25, 0.3) is 0 Å². The van der Waals surface area contributed by atoms with Crippen molar-refractivity contribution >= 4 is 10.3 Å². The van der Waals surface area contributed by atoms with Crippen LogP contribution in [0.3, 0.4) is 0 Å². The van der Waals surface area contributed by atoms with Crippen LogP contribution in [0.1, 0.15) is 38.5 Å². The van der Waals surface area contributed by atoms with E-state index in [1.807, 2.05) is 4.72 Å². The average Bonchev–Trinajstić information content (AvgIpc) is 2.01. The van der Waals surface area contributed by atoms with Gasteiger partial charge in [-0.3, -0.25) is 4.55 Å². The van der Waals surface area contributed by atoms with Crippen LogP contribution in [0.2, 0.25) is 0 Å². The fourth-order valence-electron chi connectivity index (χ4n) is 1.03. The zero-order chi connectivity index (χ0) is 10.2. The van der Waals surface area contributed by atoms with Gasteiger partial charge in [-0.25, -0.2) is 0 Å². The van der Waals surface area contributed by atoms with Crippen LogP contribution in [-0.2, 0) is 10.3 Å². The number of nitrogens with one attached hydrogen (secondary N) is 1. The summed E-state index contributed by atoms with van der Waals surface area (Å²) in [5, 5.41) is 0. The topological polar surface area (TPSA) is 66.4 Å². The normalized spacial score (nSPS) is 11.8. The van der Waals surface area contributed by atoms with Crippen LogP contribution in [0, 0.1) is 6.92 Å². The molecule has 0 saturated heterocycles. The van der Waals surface area contributed by atoms with Crippen molar-refractivity contribution in [2.75, 3.05) is 6.54 Å². The van der Waals surface area contributed by atoms with E-state index >= 15 is 0 Å². The Hall–Kier alpha value is -0.130. The Labute approximate surface area is 80.6 Å². The molecule has 2 N–H and O–H groups in total. The monoisotopic (exact) mass is 208 g/mol. The van der Waals surface area contributed by atoms with E-state index < -0.39 is 10.3 Å². The quantitative estimate of drug-likeness (QED) is 0.470. The van der Waals surface area contributed by atoms with Crippen LogP contribution in [0.4, 0.5) is 0 Å². The third-order valence-electron chi connectivity index (χ3n) is 1.71. The zero-order valence-corrected chi connectivity index (χ0v) is 8.65. The van der Waals surface area contributed by atoms with Gasteiger partial charge in [-0.15, -0.1) is 0 Å². The summed E-state index contributed by atoms with van der Waals surface area (Å²) in [6.45, 7) is 4.05. The van der Waals surface area contributed by atoms with Gasteiger partial charge in [0.25, 0.3) is 0 Å². The second-order valence-electron chi connectivity index (χ2n) is 2.99. The summed E-state index contributed by atoms with van der Waals surface area (Å²) in [4.78, 5) is 0. The third kappa shape index (κ3) is 11.9. The third-order valence-corrected chi connectivity index (χ3v) is 2.28. The predicted molar refractivity (Wildman–Crippen MR) is 52.6 cm³/mol.